The van der Waals surface area contributed by atoms with Crippen LogP contribution in [0.3, 0.4) is 0 Å². The Hall–Kier alpha value is -0.550. The average Bonchev–Trinajstić information content (AvgIpc) is 2.18. The third-order valence-corrected chi connectivity index (χ3v) is 3.36. The second kappa shape index (κ2) is 5.68. The van der Waals surface area contributed by atoms with Crippen LogP contribution in [0.25, 0.3) is 0 Å². The molecule has 2 N–H and O–H groups in total. The molecule has 0 amide bonds. The highest BCUT2D eigenvalue weighted by Gasteiger charge is 2.21. The lowest BCUT2D eigenvalue weighted by Crippen LogP contribution is -2.34. The minimum absolute atomic E-state index is 0.0170. The maximum Gasteiger partial charge on any atom is 0.326 e. The maximum atomic E-state index is 11.1. The lowest BCUT2D eigenvalue weighted by Gasteiger charge is -2.20. The van der Waals surface area contributed by atoms with E-state index < -0.39 is 12.0 Å². The van der Waals surface area contributed by atoms with Gasteiger partial charge in [-0.05, 0) is 40.0 Å². The Bertz CT molecular complexity index is 394. The highest BCUT2D eigenvalue weighted by molar-refractivity contribution is 9.11. The van der Waals surface area contributed by atoms with E-state index in [0.29, 0.717) is 0 Å². The lowest BCUT2D eigenvalue weighted by molar-refractivity contribution is -0.138. The fourth-order valence-electron chi connectivity index (χ4n) is 1.29. The number of hydrogen-bond donors (Lipinski definition) is 2. The summed E-state index contributed by atoms with van der Waals surface area (Å²) in [6.45, 7) is 3.75. The monoisotopic (exact) mass is 349 g/mol. The summed E-state index contributed by atoms with van der Waals surface area (Å²) in [7, 11) is 0. The van der Waals surface area contributed by atoms with Gasteiger partial charge in [0.05, 0.1) is 5.69 Å². The molecule has 1 aromatic rings. The standard InChI is InChI=1S/C11H13Br2NO2/c1-6(2)10(11(15)16)14-9-5-7(12)3-4-8(9)13/h3-6,10,14H,1-2H3,(H,15,16). The number of rotatable bonds is 4. The summed E-state index contributed by atoms with van der Waals surface area (Å²) in [5.41, 5.74) is 0.774. The minimum atomic E-state index is -0.845. The predicted molar refractivity (Wildman–Crippen MR) is 71.7 cm³/mol. The summed E-state index contributed by atoms with van der Waals surface area (Å²) in [6, 6.07) is 5.01. The topological polar surface area (TPSA) is 49.3 Å². The summed E-state index contributed by atoms with van der Waals surface area (Å²) in [6.07, 6.45) is 0. The molecule has 0 saturated carbocycles. The molecular weight excluding hydrogens is 338 g/mol. The Morgan fingerprint density at radius 2 is 2.00 bits per heavy atom. The zero-order chi connectivity index (χ0) is 12.3. The second-order valence-corrected chi connectivity index (χ2v) is 5.60. The van der Waals surface area contributed by atoms with Crippen LogP contribution in [-0.4, -0.2) is 17.1 Å². The van der Waals surface area contributed by atoms with E-state index in [9.17, 15) is 4.79 Å². The second-order valence-electron chi connectivity index (χ2n) is 3.83. The Kier molecular flexibility index (Phi) is 4.80. The van der Waals surface area contributed by atoms with Gasteiger partial charge in [-0.1, -0.05) is 29.8 Å². The lowest BCUT2D eigenvalue weighted by atomic mass is 10.0. The first-order valence-corrected chi connectivity index (χ1v) is 6.45. The quantitative estimate of drug-likeness (QED) is 0.869. The number of carboxylic acids is 1. The van der Waals surface area contributed by atoms with Crippen LogP contribution in [0, 0.1) is 5.92 Å². The van der Waals surface area contributed by atoms with Crippen molar-refractivity contribution in [3.63, 3.8) is 0 Å². The van der Waals surface area contributed by atoms with Crippen molar-refractivity contribution in [3.05, 3.63) is 27.1 Å². The molecular formula is C11H13Br2NO2. The first-order valence-electron chi connectivity index (χ1n) is 4.86. The van der Waals surface area contributed by atoms with E-state index in [2.05, 4.69) is 37.2 Å². The molecule has 0 spiro atoms. The number of hydrogen-bond acceptors (Lipinski definition) is 2. The van der Waals surface area contributed by atoms with Gasteiger partial charge in [0.15, 0.2) is 0 Å². The highest BCUT2D eigenvalue weighted by atomic mass is 79.9. The van der Waals surface area contributed by atoms with Gasteiger partial charge in [-0.25, -0.2) is 4.79 Å². The molecule has 0 radical (unpaired) electrons. The van der Waals surface area contributed by atoms with E-state index in [1.165, 1.54) is 0 Å². The molecule has 16 heavy (non-hydrogen) atoms. The van der Waals surface area contributed by atoms with Crippen molar-refractivity contribution < 1.29 is 9.90 Å². The molecule has 0 heterocycles. The summed E-state index contributed by atoms with van der Waals surface area (Å²) in [5.74, 6) is -0.828. The number of nitrogens with one attached hydrogen (secondary N) is 1. The van der Waals surface area contributed by atoms with Crippen molar-refractivity contribution in [2.24, 2.45) is 5.92 Å². The molecule has 0 aliphatic heterocycles. The Morgan fingerprint density at radius 1 is 1.38 bits per heavy atom. The van der Waals surface area contributed by atoms with Gasteiger partial charge < -0.3 is 10.4 Å². The zero-order valence-corrected chi connectivity index (χ0v) is 12.2. The van der Waals surface area contributed by atoms with Crippen LogP contribution in [0.2, 0.25) is 0 Å². The zero-order valence-electron chi connectivity index (χ0n) is 9.00. The number of anilines is 1. The maximum absolute atomic E-state index is 11.1. The van der Waals surface area contributed by atoms with Crippen molar-refractivity contribution in [2.45, 2.75) is 19.9 Å². The largest absolute Gasteiger partial charge is 0.480 e. The molecule has 5 heteroatoms. The normalized spacial score (nSPS) is 12.6. The van der Waals surface area contributed by atoms with Gasteiger partial charge in [0.2, 0.25) is 0 Å². The van der Waals surface area contributed by atoms with Crippen LogP contribution in [0.1, 0.15) is 13.8 Å². The van der Waals surface area contributed by atoms with Crippen molar-refractivity contribution in [2.75, 3.05) is 5.32 Å². The molecule has 0 saturated heterocycles. The van der Waals surface area contributed by atoms with Crippen LogP contribution >= 0.6 is 31.9 Å². The van der Waals surface area contributed by atoms with Crippen LogP contribution in [0.5, 0.6) is 0 Å². The van der Waals surface area contributed by atoms with Crippen molar-refractivity contribution in [1.82, 2.24) is 0 Å². The number of carbonyl (C=O) groups is 1. The van der Waals surface area contributed by atoms with E-state index in [4.69, 9.17) is 5.11 Å². The highest BCUT2D eigenvalue weighted by Crippen LogP contribution is 2.27. The van der Waals surface area contributed by atoms with Crippen LogP contribution in [0.4, 0.5) is 5.69 Å². The van der Waals surface area contributed by atoms with Gasteiger partial charge in [0.1, 0.15) is 6.04 Å². The third-order valence-electron chi connectivity index (χ3n) is 2.17. The number of aliphatic carboxylic acids is 1. The molecule has 0 aliphatic rings. The number of halogens is 2. The Morgan fingerprint density at radius 3 is 2.50 bits per heavy atom. The minimum Gasteiger partial charge on any atom is -0.480 e. The van der Waals surface area contributed by atoms with Crippen molar-refractivity contribution in [3.8, 4) is 0 Å². The molecule has 0 bridgehead atoms. The third kappa shape index (κ3) is 3.49. The van der Waals surface area contributed by atoms with E-state index in [1.807, 2.05) is 32.0 Å². The van der Waals surface area contributed by atoms with Gasteiger partial charge in [-0.15, -0.1) is 0 Å². The first kappa shape index (κ1) is 13.5. The van der Waals surface area contributed by atoms with Crippen LogP contribution in [0.15, 0.2) is 27.1 Å². The Labute approximate surface area is 111 Å². The molecule has 1 unspecified atom stereocenters. The summed E-state index contributed by atoms with van der Waals surface area (Å²) in [4.78, 5) is 11.1. The fourth-order valence-corrected chi connectivity index (χ4v) is 2.01. The van der Waals surface area contributed by atoms with Gasteiger partial charge >= 0.3 is 5.97 Å². The molecule has 0 fully saturated rings. The van der Waals surface area contributed by atoms with Crippen molar-refractivity contribution >= 4 is 43.5 Å². The SMILES string of the molecule is CC(C)C(Nc1cc(Br)ccc1Br)C(=O)O. The summed E-state index contributed by atoms with van der Waals surface area (Å²) in [5, 5.41) is 12.1. The van der Waals surface area contributed by atoms with Gasteiger partial charge in [-0.2, -0.15) is 0 Å². The van der Waals surface area contributed by atoms with Crippen molar-refractivity contribution in [1.29, 1.82) is 0 Å². The van der Waals surface area contributed by atoms with Gasteiger partial charge in [0, 0.05) is 8.95 Å². The number of carboxylic acid groups (broad SMARTS) is 1. The molecule has 88 valence electrons. The number of benzene rings is 1. The van der Waals surface area contributed by atoms with Gasteiger partial charge in [-0.3, -0.25) is 0 Å². The van der Waals surface area contributed by atoms with Crippen LogP contribution in [-0.2, 0) is 4.79 Å². The smallest absolute Gasteiger partial charge is 0.326 e. The molecule has 1 rings (SSSR count). The first-order chi connectivity index (χ1) is 7.41. The fraction of sp³-hybridized carbons (Fsp3) is 0.364. The Balaban J connectivity index is 2.93. The van der Waals surface area contributed by atoms with E-state index >= 15 is 0 Å². The van der Waals surface area contributed by atoms with Gasteiger partial charge in [0.25, 0.3) is 0 Å². The molecule has 3 nitrogen and oxygen atoms in total. The summed E-state index contributed by atoms with van der Waals surface area (Å²) < 4.78 is 1.76. The van der Waals surface area contributed by atoms with Crippen LogP contribution < -0.4 is 5.32 Å². The average molecular weight is 351 g/mol. The van der Waals surface area contributed by atoms with E-state index in [-0.39, 0.29) is 5.92 Å². The van der Waals surface area contributed by atoms with E-state index in [1.54, 1.807) is 0 Å². The summed E-state index contributed by atoms with van der Waals surface area (Å²) >= 11 is 6.73. The predicted octanol–water partition coefficient (Wildman–Crippen LogP) is 3.73. The molecule has 1 aromatic carbocycles. The molecule has 0 aromatic heterocycles. The van der Waals surface area contributed by atoms with E-state index in [0.717, 1.165) is 14.6 Å². The molecule has 1 atom stereocenters. The molecule has 0 aliphatic carbocycles.